The van der Waals surface area contributed by atoms with Crippen LogP contribution in [-0.2, 0) is 4.79 Å². The summed E-state index contributed by atoms with van der Waals surface area (Å²) < 4.78 is 0. The van der Waals surface area contributed by atoms with E-state index in [1.54, 1.807) is 0 Å². The summed E-state index contributed by atoms with van der Waals surface area (Å²) in [5.41, 5.74) is 3.79. The van der Waals surface area contributed by atoms with Gasteiger partial charge in [0.05, 0.1) is 0 Å². The first-order valence-corrected chi connectivity index (χ1v) is 4.73. The molecular weight excluding hydrogens is 184 g/mol. The maximum Gasteiger partial charge on any atom is 0.312 e. The van der Waals surface area contributed by atoms with Gasteiger partial charge >= 0.3 is 6.03 Å². The zero-order valence-electron chi connectivity index (χ0n) is 8.25. The van der Waals surface area contributed by atoms with E-state index in [-0.39, 0.29) is 11.8 Å². The molecule has 0 saturated heterocycles. The summed E-state index contributed by atoms with van der Waals surface area (Å²) >= 11 is 0. The number of amides is 2. The number of ketones is 1. The van der Waals surface area contributed by atoms with Crippen LogP contribution in [0.5, 0.6) is 0 Å². The van der Waals surface area contributed by atoms with Crippen LogP contribution < -0.4 is 11.1 Å². The van der Waals surface area contributed by atoms with Gasteiger partial charge in [0.1, 0.15) is 5.60 Å². The summed E-state index contributed by atoms with van der Waals surface area (Å²) in [6, 6.07) is -0.560. The van der Waals surface area contributed by atoms with Crippen molar-refractivity contribution in [2.75, 3.05) is 0 Å². The lowest BCUT2D eigenvalue weighted by molar-refractivity contribution is -0.138. The van der Waals surface area contributed by atoms with Gasteiger partial charge in [-0.25, -0.2) is 4.79 Å². The third-order valence-electron chi connectivity index (χ3n) is 2.81. The van der Waals surface area contributed by atoms with Crippen molar-refractivity contribution in [1.29, 1.82) is 0 Å². The fourth-order valence-electron chi connectivity index (χ4n) is 1.79. The van der Waals surface area contributed by atoms with Crippen molar-refractivity contribution < 1.29 is 14.7 Å². The molecule has 0 aromatic heterocycles. The maximum atomic E-state index is 11.1. The summed E-state index contributed by atoms with van der Waals surface area (Å²) in [7, 11) is 0. The number of aliphatic hydroxyl groups is 1. The second-order valence-electron chi connectivity index (χ2n) is 3.87. The molecule has 2 amide bonds. The van der Waals surface area contributed by atoms with E-state index in [0.29, 0.717) is 25.7 Å². The number of Topliss-reactive ketones (excluding diaryl/α,β-unsaturated/α-hetero) is 1. The first-order valence-electron chi connectivity index (χ1n) is 4.73. The number of nitrogens with one attached hydrogen (secondary N) is 1. The Balaban J connectivity index is 2.45. The van der Waals surface area contributed by atoms with E-state index in [9.17, 15) is 14.7 Å². The van der Waals surface area contributed by atoms with Crippen LogP contribution in [0.25, 0.3) is 0 Å². The molecule has 0 heterocycles. The van der Waals surface area contributed by atoms with E-state index >= 15 is 0 Å². The van der Waals surface area contributed by atoms with Crippen LogP contribution in [0.15, 0.2) is 0 Å². The van der Waals surface area contributed by atoms with Crippen LogP contribution in [0.4, 0.5) is 4.79 Å². The van der Waals surface area contributed by atoms with E-state index in [1.165, 1.54) is 6.92 Å². The molecule has 80 valence electrons. The molecule has 1 saturated carbocycles. The van der Waals surface area contributed by atoms with Gasteiger partial charge in [0, 0.05) is 6.04 Å². The number of rotatable bonds is 2. The van der Waals surface area contributed by atoms with Crippen molar-refractivity contribution in [3.8, 4) is 0 Å². The van der Waals surface area contributed by atoms with Crippen molar-refractivity contribution in [2.45, 2.75) is 44.2 Å². The lowest BCUT2D eigenvalue weighted by Crippen LogP contribution is -2.47. The van der Waals surface area contributed by atoms with Gasteiger partial charge in [0.25, 0.3) is 0 Å². The molecule has 0 aromatic carbocycles. The highest BCUT2D eigenvalue weighted by Gasteiger charge is 2.37. The Hall–Kier alpha value is -1.10. The highest BCUT2D eigenvalue weighted by atomic mass is 16.3. The number of hydrogen-bond acceptors (Lipinski definition) is 3. The van der Waals surface area contributed by atoms with Crippen molar-refractivity contribution in [3.05, 3.63) is 0 Å². The molecule has 5 heteroatoms. The minimum atomic E-state index is -1.18. The number of carbonyl (C=O) groups excluding carboxylic acids is 2. The molecule has 1 fully saturated rings. The van der Waals surface area contributed by atoms with Crippen molar-refractivity contribution in [3.63, 3.8) is 0 Å². The Morgan fingerprint density at radius 2 is 1.93 bits per heavy atom. The van der Waals surface area contributed by atoms with Crippen LogP contribution in [0.3, 0.4) is 0 Å². The molecule has 5 nitrogen and oxygen atoms in total. The van der Waals surface area contributed by atoms with Gasteiger partial charge in [-0.15, -0.1) is 0 Å². The highest BCUT2D eigenvalue weighted by molar-refractivity contribution is 5.84. The Kier molecular flexibility index (Phi) is 3.10. The minimum absolute atomic E-state index is 0.00729. The molecule has 1 aliphatic carbocycles. The number of primary amides is 1. The largest absolute Gasteiger partial charge is 0.382 e. The molecule has 0 aromatic rings. The summed E-state index contributed by atoms with van der Waals surface area (Å²) in [4.78, 5) is 21.6. The Labute approximate surface area is 82.7 Å². The topological polar surface area (TPSA) is 92.4 Å². The molecule has 0 aliphatic heterocycles. The first-order chi connectivity index (χ1) is 6.44. The zero-order valence-corrected chi connectivity index (χ0v) is 8.25. The minimum Gasteiger partial charge on any atom is -0.382 e. The predicted octanol–water partition coefficient (Wildman–Crippen LogP) is -0.0826. The normalized spacial score (nSPS) is 32.3. The summed E-state index contributed by atoms with van der Waals surface area (Å²) in [6.45, 7) is 1.39. The lowest BCUT2D eigenvalue weighted by atomic mass is 9.80. The predicted molar refractivity (Wildman–Crippen MR) is 50.6 cm³/mol. The van der Waals surface area contributed by atoms with Gasteiger partial charge in [0.15, 0.2) is 5.78 Å². The van der Waals surface area contributed by atoms with Crippen LogP contribution in [0, 0.1) is 0 Å². The van der Waals surface area contributed by atoms with Gasteiger partial charge in [-0.1, -0.05) is 0 Å². The second-order valence-corrected chi connectivity index (χ2v) is 3.87. The summed E-state index contributed by atoms with van der Waals surface area (Å²) in [5, 5.41) is 12.4. The van der Waals surface area contributed by atoms with E-state index in [4.69, 9.17) is 5.73 Å². The summed E-state index contributed by atoms with van der Waals surface area (Å²) in [5.74, 6) is -0.199. The Morgan fingerprint density at radius 3 is 2.29 bits per heavy atom. The number of hydrogen-bond donors (Lipinski definition) is 3. The van der Waals surface area contributed by atoms with E-state index in [2.05, 4.69) is 5.32 Å². The van der Waals surface area contributed by atoms with Gasteiger partial charge in [-0.2, -0.15) is 0 Å². The van der Waals surface area contributed by atoms with Crippen LogP contribution in [-0.4, -0.2) is 28.6 Å². The highest BCUT2D eigenvalue weighted by Crippen LogP contribution is 2.28. The first kappa shape index (κ1) is 11.0. The molecule has 14 heavy (non-hydrogen) atoms. The quantitative estimate of drug-likeness (QED) is 0.582. The summed E-state index contributed by atoms with van der Waals surface area (Å²) in [6.07, 6.45) is 1.98. The molecule has 0 atom stereocenters. The lowest BCUT2D eigenvalue weighted by Gasteiger charge is -2.33. The molecule has 1 aliphatic rings. The van der Waals surface area contributed by atoms with Gasteiger partial charge < -0.3 is 16.2 Å². The Morgan fingerprint density at radius 1 is 1.43 bits per heavy atom. The fourth-order valence-corrected chi connectivity index (χ4v) is 1.79. The average molecular weight is 200 g/mol. The molecule has 1 rings (SSSR count). The van der Waals surface area contributed by atoms with E-state index in [0.717, 1.165) is 0 Å². The van der Waals surface area contributed by atoms with Gasteiger partial charge in [-0.05, 0) is 32.6 Å². The number of carbonyl (C=O) groups is 2. The van der Waals surface area contributed by atoms with Crippen LogP contribution >= 0.6 is 0 Å². The average Bonchev–Trinajstić information content (AvgIpc) is 2.08. The molecular formula is C9H16N2O3. The Bertz CT molecular complexity index is 244. The smallest absolute Gasteiger partial charge is 0.312 e. The van der Waals surface area contributed by atoms with Crippen LogP contribution in [0.2, 0.25) is 0 Å². The fraction of sp³-hybridized carbons (Fsp3) is 0.778. The molecule has 4 N–H and O–H groups in total. The maximum absolute atomic E-state index is 11.1. The van der Waals surface area contributed by atoms with Crippen molar-refractivity contribution >= 4 is 11.8 Å². The molecule has 0 unspecified atom stereocenters. The third-order valence-corrected chi connectivity index (χ3v) is 2.81. The van der Waals surface area contributed by atoms with Crippen molar-refractivity contribution in [2.24, 2.45) is 5.73 Å². The zero-order chi connectivity index (χ0) is 10.8. The molecule has 0 bridgehead atoms. The van der Waals surface area contributed by atoms with Crippen molar-refractivity contribution in [1.82, 2.24) is 5.32 Å². The van der Waals surface area contributed by atoms with E-state index in [1.807, 2.05) is 0 Å². The number of urea groups is 1. The standard InChI is InChI=1S/C9H16N2O3/c1-6(12)9(14)4-2-7(3-5-9)11-8(10)13/h7,14H,2-5H2,1H3,(H3,10,11,13). The molecule has 0 radical (unpaired) electrons. The SMILES string of the molecule is CC(=O)C1(O)CCC(NC(N)=O)CC1. The molecule has 0 spiro atoms. The van der Waals surface area contributed by atoms with E-state index < -0.39 is 11.6 Å². The van der Waals surface area contributed by atoms with Gasteiger partial charge in [0.2, 0.25) is 0 Å². The van der Waals surface area contributed by atoms with Crippen LogP contribution in [0.1, 0.15) is 32.6 Å². The monoisotopic (exact) mass is 200 g/mol. The second kappa shape index (κ2) is 3.96. The third kappa shape index (κ3) is 2.45. The van der Waals surface area contributed by atoms with Gasteiger partial charge in [-0.3, -0.25) is 4.79 Å². The number of nitrogens with two attached hydrogens (primary N) is 1.